The molecule has 0 aliphatic rings. The van der Waals surface area contributed by atoms with E-state index in [9.17, 15) is 0 Å². The lowest BCUT2D eigenvalue weighted by Gasteiger charge is -2.12. The van der Waals surface area contributed by atoms with Gasteiger partial charge in [0.05, 0.1) is 20.3 Å². The molecule has 0 amide bonds. The first-order valence-electron chi connectivity index (χ1n) is 6.15. The molecule has 98 valence electrons. The Kier molecular flexibility index (Phi) is 6.10. The van der Waals surface area contributed by atoms with Gasteiger partial charge in [-0.3, -0.25) is 0 Å². The fourth-order valence-corrected chi connectivity index (χ4v) is 1.75. The van der Waals surface area contributed by atoms with Crippen LogP contribution in [0, 0.1) is 12.3 Å². The summed E-state index contributed by atoms with van der Waals surface area (Å²) in [5, 5.41) is 3.33. The van der Waals surface area contributed by atoms with Crippen molar-refractivity contribution in [1.82, 2.24) is 5.32 Å². The average Bonchev–Trinajstić information content (AvgIpc) is 2.43. The van der Waals surface area contributed by atoms with Crippen LogP contribution in [0.4, 0.5) is 0 Å². The van der Waals surface area contributed by atoms with E-state index in [1.807, 2.05) is 18.2 Å². The van der Waals surface area contributed by atoms with Crippen LogP contribution in [-0.4, -0.2) is 26.8 Å². The third kappa shape index (κ3) is 3.97. The highest BCUT2D eigenvalue weighted by atomic mass is 16.5. The van der Waals surface area contributed by atoms with E-state index >= 15 is 0 Å². The van der Waals surface area contributed by atoms with Gasteiger partial charge in [0, 0.05) is 6.54 Å². The number of nitrogens with one attached hydrogen (secondary N) is 1. The Labute approximate surface area is 109 Å². The minimum absolute atomic E-state index is 0.158. The normalized spacial score (nSPS) is 11.7. The molecule has 1 aromatic carbocycles. The van der Waals surface area contributed by atoms with E-state index in [4.69, 9.17) is 15.9 Å². The molecule has 0 bridgehead atoms. The summed E-state index contributed by atoms with van der Waals surface area (Å²) in [6, 6.07) is 6.12. The number of hydrogen-bond donors (Lipinski definition) is 1. The van der Waals surface area contributed by atoms with Crippen LogP contribution in [0.1, 0.15) is 18.9 Å². The van der Waals surface area contributed by atoms with Crippen molar-refractivity contribution < 1.29 is 9.47 Å². The second-order valence-corrected chi connectivity index (χ2v) is 4.02. The van der Waals surface area contributed by atoms with Gasteiger partial charge in [0.2, 0.25) is 0 Å². The second-order valence-electron chi connectivity index (χ2n) is 4.02. The predicted octanol–water partition coefficient (Wildman–Crippen LogP) is 2.25. The van der Waals surface area contributed by atoms with Crippen molar-refractivity contribution in [2.75, 3.05) is 20.8 Å². The minimum Gasteiger partial charge on any atom is -0.493 e. The molecule has 0 saturated carbocycles. The third-order valence-corrected chi connectivity index (χ3v) is 2.86. The van der Waals surface area contributed by atoms with Crippen molar-refractivity contribution in [3.8, 4) is 23.8 Å². The van der Waals surface area contributed by atoms with Gasteiger partial charge in [-0.2, -0.15) is 0 Å². The molecule has 1 rings (SSSR count). The lowest BCUT2D eigenvalue weighted by molar-refractivity contribution is 0.354. The monoisotopic (exact) mass is 247 g/mol. The standard InChI is InChI=1S/C15H21NO2/c1-5-13(6-2)16-10-9-12-7-8-14(17-3)15(11-12)18-4/h1,7-8,11,13,16H,6,9-10H2,2-4H3. The zero-order valence-corrected chi connectivity index (χ0v) is 11.3. The van der Waals surface area contributed by atoms with E-state index in [2.05, 4.69) is 18.2 Å². The zero-order chi connectivity index (χ0) is 13.4. The molecule has 1 atom stereocenters. The maximum Gasteiger partial charge on any atom is 0.160 e. The summed E-state index contributed by atoms with van der Waals surface area (Å²) in [5.74, 6) is 4.24. The summed E-state index contributed by atoms with van der Waals surface area (Å²) in [7, 11) is 3.28. The largest absolute Gasteiger partial charge is 0.493 e. The van der Waals surface area contributed by atoms with Gasteiger partial charge in [0.1, 0.15) is 0 Å². The molecule has 0 spiro atoms. The molecule has 18 heavy (non-hydrogen) atoms. The highest BCUT2D eigenvalue weighted by Gasteiger charge is 2.05. The van der Waals surface area contributed by atoms with Crippen LogP contribution in [0.3, 0.4) is 0 Å². The fraction of sp³-hybridized carbons (Fsp3) is 0.467. The fourth-order valence-electron chi connectivity index (χ4n) is 1.75. The summed E-state index contributed by atoms with van der Waals surface area (Å²) >= 11 is 0. The Hall–Kier alpha value is -1.66. The maximum absolute atomic E-state index is 5.40. The molecule has 1 N–H and O–H groups in total. The van der Waals surface area contributed by atoms with Crippen molar-refractivity contribution >= 4 is 0 Å². The summed E-state index contributed by atoms with van der Waals surface area (Å²) in [4.78, 5) is 0. The van der Waals surface area contributed by atoms with Crippen LogP contribution in [0.15, 0.2) is 18.2 Å². The topological polar surface area (TPSA) is 30.5 Å². The summed E-state index contributed by atoms with van der Waals surface area (Å²) in [6.45, 7) is 2.94. The molecular weight excluding hydrogens is 226 g/mol. The van der Waals surface area contributed by atoms with Crippen LogP contribution >= 0.6 is 0 Å². The van der Waals surface area contributed by atoms with Crippen molar-refractivity contribution in [1.29, 1.82) is 0 Å². The van der Waals surface area contributed by atoms with Gasteiger partial charge in [0.25, 0.3) is 0 Å². The average molecular weight is 247 g/mol. The van der Waals surface area contributed by atoms with Crippen LogP contribution in [0.5, 0.6) is 11.5 Å². The van der Waals surface area contributed by atoms with Crippen LogP contribution in [0.2, 0.25) is 0 Å². The van der Waals surface area contributed by atoms with E-state index < -0.39 is 0 Å². The first kappa shape index (κ1) is 14.4. The summed E-state index contributed by atoms with van der Waals surface area (Å²) in [6.07, 6.45) is 7.26. The highest BCUT2D eigenvalue weighted by Crippen LogP contribution is 2.27. The molecule has 0 aromatic heterocycles. The molecule has 0 fully saturated rings. The third-order valence-electron chi connectivity index (χ3n) is 2.86. The van der Waals surface area contributed by atoms with Crippen LogP contribution in [0.25, 0.3) is 0 Å². The lowest BCUT2D eigenvalue weighted by atomic mass is 10.1. The molecule has 1 unspecified atom stereocenters. The number of methoxy groups -OCH3 is 2. The quantitative estimate of drug-likeness (QED) is 0.750. The van der Waals surface area contributed by atoms with Gasteiger partial charge < -0.3 is 14.8 Å². The van der Waals surface area contributed by atoms with Gasteiger partial charge >= 0.3 is 0 Å². The van der Waals surface area contributed by atoms with E-state index in [1.54, 1.807) is 14.2 Å². The Bertz CT molecular complexity index is 409. The van der Waals surface area contributed by atoms with Crippen LogP contribution in [-0.2, 0) is 6.42 Å². The van der Waals surface area contributed by atoms with Crippen molar-refractivity contribution in [2.45, 2.75) is 25.8 Å². The van der Waals surface area contributed by atoms with E-state index in [0.29, 0.717) is 0 Å². The molecule has 0 saturated heterocycles. The smallest absolute Gasteiger partial charge is 0.160 e. The Morgan fingerprint density at radius 2 is 2.00 bits per heavy atom. The zero-order valence-electron chi connectivity index (χ0n) is 11.3. The maximum atomic E-state index is 5.40. The van der Waals surface area contributed by atoms with E-state index in [1.165, 1.54) is 5.56 Å². The molecule has 0 radical (unpaired) electrons. The minimum atomic E-state index is 0.158. The lowest BCUT2D eigenvalue weighted by Crippen LogP contribution is -2.28. The Morgan fingerprint density at radius 3 is 2.56 bits per heavy atom. The van der Waals surface area contributed by atoms with E-state index in [-0.39, 0.29) is 6.04 Å². The molecule has 0 heterocycles. The first-order chi connectivity index (χ1) is 8.74. The van der Waals surface area contributed by atoms with Gasteiger partial charge in [-0.1, -0.05) is 18.9 Å². The van der Waals surface area contributed by atoms with Crippen molar-refractivity contribution in [3.05, 3.63) is 23.8 Å². The Balaban J connectivity index is 2.55. The van der Waals surface area contributed by atoms with Gasteiger partial charge in [-0.05, 0) is 30.5 Å². The number of rotatable bonds is 7. The first-order valence-corrected chi connectivity index (χ1v) is 6.15. The summed E-state index contributed by atoms with van der Waals surface area (Å²) in [5.41, 5.74) is 1.20. The van der Waals surface area contributed by atoms with Gasteiger partial charge in [0.15, 0.2) is 11.5 Å². The van der Waals surface area contributed by atoms with E-state index in [0.717, 1.165) is 30.9 Å². The molecule has 0 aliphatic heterocycles. The SMILES string of the molecule is C#CC(CC)NCCc1ccc(OC)c(OC)c1. The summed E-state index contributed by atoms with van der Waals surface area (Å²) < 4.78 is 10.5. The molecular formula is C15H21NO2. The molecule has 0 aliphatic carbocycles. The molecule has 3 nitrogen and oxygen atoms in total. The number of terminal acetylenes is 1. The predicted molar refractivity (Wildman–Crippen MR) is 74.2 cm³/mol. The van der Waals surface area contributed by atoms with Gasteiger partial charge in [-0.15, -0.1) is 6.42 Å². The highest BCUT2D eigenvalue weighted by molar-refractivity contribution is 5.42. The van der Waals surface area contributed by atoms with Crippen molar-refractivity contribution in [3.63, 3.8) is 0 Å². The number of benzene rings is 1. The molecule has 1 aromatic rings. The van der Waals surface area contributed by atoms with Gasteiger partial charge in [-0.25, -0.2) is 0 Å². The van der Waals surface area contributed by atoms with Crippen LogP contribution < -0.4 is 14.8 Å². The number of hydrogen-bond acceptors (Lipinski definition) is 3. The Morgan fingerprint density at radius 1 is 1.28 bits per heavy atom. The van der Waals surface area contributed by atoms with Crippen molar-refractivity contribution in [2.24, 2.45) is 0 Å². The number of ether oxygens (including phenoxy) is 2. The second kappa shape index (κ2) is 7.62. The molecule has 3 heteroatoms.